The van der Waals surface area contributed by atoms with Crippen molar-refractivity contribution in [2.45, 2.75) is 45.2 Å². The molecule has 5 atom stereocenters. The molecule has 0 saturated carbocycles. The van der Waals surface area contributed by atoms with Gasteiger partial charge in [-0.05, 0) is 5.92 Å². The molecule has 0 aliphatic heterocycles. The predicted octanol–water partition coefficient (Wildman–Crippen LogP) is -1.80. The fourth-order valence-corrected chi connectivity index (χ4v) is 1.81. The third-order valence-electron chi connectivity index (χ3n) is 2.79. The highest BCUT2D eigenvalue weighted by Crippen LogP contribution is 2.17. The summed E-state index contributed by atoms with van der Waals surface area (Å²) in [5.74, 6) is -1.27. The van der Waals surface area contributed by atoms with Crippen molar-refractivity contribution < 1.29 is 37.6 Å². The van der Waals surface area contributed by atoms with E-state index >= 15 is 0 Å². The van der Waals surface area contributed by atoms with Crippen molar-refractivity contribution in [1.29, 1.82) is 0 Å². The molecule has 0 heterocycles. The average Bonchev–Trinajstić information content (AvgIpc) is 2.30. The summed E-state index contributed by atoms with van der Waals surface area (Å²) in [6.07, 6.45) is -6.09. The Hall–Kier alpha value is -0.290. The molecule has 0 aromatic carbocycles. The van der Waals surface area contributed by atoms with Gasteiger partial charge in [0.1, 0.15) is 12.2 Å². The zero-order valence-corrected chi connectivity index (χ0v) is 11.8. The van der Waals surface area contributed by atoms with Crippen LogP contribution >= 0.6 is 0 Å². The Morgan fingerprint density at radius 3 is 1.74 bits per heavy atom. The Labute approximate surface area is 112 Å². The Morgan fingerprint density at radius 2 is 1.37 bits per heavy atom. The maximum Gasteiger partial charge on any atom is 0.217 e. The van der Waals surface area contributed by atoms with Crippen LogP contribution in [0, 0.1) is 11.8 Å². The molecule has 19 heavy (non-hydrogen) atoms. The van der Waals surface area contributed by atoms with E-state index in [4.69, 9.17) is 0 Å². The van der Waals surface area contributed by atoms with Crippen LogP contribution in [0.5, 0.6) is 0 Å². The molecular weight excluding hydrogens is 280 g/mol. The Bertz CT molecular complexity index is 355. The second kappa shape index (κ2) is 7.48. The molecule has 0 saturated heterocycles. The third kappa shape index (κ3) is 6.61. The maximum atomic E-state index is 10.2. The summed E-state index contributed by atoms with van der Waals surface area (Å²) in [6, 6.07) is 0. The summed E-state index contributed by atoms with van der Waals surface area (Å²) in [5, 5.41) is 38.5. The number of hydrogen-bond acceptors (Lipinski definition) is 8. The second-order valence-electron chi connectivity index (χ2n) is 4.88. The first-order valence-electron chi connectivity index (χ1n) is 5.80. The van der Waals surface area contributed by atoms with Crippen molar-refractivity contribution in [3.8, 4) is 0 Å². The van der Waals surface area contributed by atoms with Crippen molar-refractivity contribution in [2.24, 2.45) is 11.8 Å². The maximum absolute atomic E-state index is 10.2. The zero-order chi connectivity index (χ0) is 15.4. The van der Waals surface area contributed by atoms with Gasteiger partial charge in [0, 0.05) is 5.92 Å². The van der Waals surface area contributed by atoms with Gasteiger partial charge in [-0.15, -0.1) is 0 Å². The summed E-state index contributed by atoms with van der Waals surface area (Å²) >= 11 is 0. The van der Waals surface area contributed by atoms with Crippen LogP contribution < -0.4 is 0 Å². The van der Waals surface area contributed by atoms with Crippen LogP contribution in [-0.2, 0) is 14.6 Å². The fourth-order valence-electron chi connectivity index (χ4n) is 1.42. The van der Waals surface area contributed by atoms with E-state index in [1.54, 1.807) is 13.8 Å². The lowest BCUT2D eigenvalue weighted by Gasteiger charge is -2.31. The zero-order valence-electron chi connectivity index (χ0n) is 11.0. The lowest BCUT2D eigenvalue weighted by Crippen LogP contribution is -2.49. The van der Waals surface area contributed by atoms with E-state index in [0.717, 1.165) is 0 Å². The van der Waals surface area contributed by atoms with E-state index in [9.17, 15) is 33.4 Å². The molecule has 0 aromatic rings. The molecule has 0 aliphatic rings. The van der Waals surface area contributed by atoms with Crippen LogP contribution in [0.2, 0.25) is 0 Å². The highest BCUT2D eigenvalue weighted by Gasteiger charge is 2.34. The monoisotopic (exact) mass is 301 g/mol. The molecule has 0 rings (SSSR count). The highest BCUT2D eigenvalue weighted by atomic mass is 32.3. The van der Waals surface area contributed by atoms with Gasteiger partial charge in [-0.3, -0.25) is 4.18 Å². The minimum atomic E-state index is -4.88. The number of rotatable bonds is 8. The van der Waals surface area contributed by atoms with Gasteiger partial charge in [0.05, 0.1) is 18.8 Å². The van der Waals surface area contributed by atoms with E-state index < -0.39 is 47.3 Å². The lowest BCUT2D eigenvalue weighted by molar-refractivity contribution is -0.129. The van der Waals surface area contributed by atoms with Crippen LogP contribution in [0.4, 0.5) is 0 Å². The largest absolute Gasteiger partial charge is 0.726 e. The van der Waals surface area contributed by atoms with E-state index in [-0.39, 0.29) is 5.92 Å². The van der Waals surface area contributed by atoms with Crippen molar-refractivity contribution >= 4 is 10.4 Å². The molecule has 116 valence electrons. The van der Waals surface area contributed by atoms with Gasteiger partial charge in [-0.25, -0.2) is 8.42 Å². The standard InChI is InChI=1S/C10H22O8S/c1-5(2)7(11)9(13)10(14)8(12)6(3)4-18-19(15,16)17/h5-14H,4H2,1-3H3,(H,15,16,17)/p-1/t6?,7-,8+,9?,10+/m0/s1. The Morgan fingerprint density at radius 1 is 0.947 bits per heavy atom. The molecule has 0 spiro atoms. The third-order valence-corrected chi connectivity index (χ3v) is 3.22. The Balaban J connectivity index is 4.50. The van der Waals surface area contributed by atoms with Crippen LogP contribution in [0.1, 0.15) is 20.8 Å². The summed E-state index contributed by atoms with van der Waals surface area (Å²) in [7, 11) is -4.88. The first-order chi connectivity index (χ1) is 8.47. The van der Waals surface area contributed by atoms with Crippen molar-refractivity contribution in [1.82, 2.24) is 0 Å². The van der Waals surface area contributed by atoms with Crippen LogP contribution in [0.25, 0.3) is 0 Å². The van der Waals surface area contributed by atoms with Gasteiger partial charge in [-0.2, -0.15) is 0 Å². The van der Waals surface area contributed by atoms with E-state index in [0.29, 0.717) is 0 Å². The molecule has 9 heteroatoms. The average molecular weight is 301 g/mol. The first-order valence-corrected chi connectivity index (χ1v) is 7.13. The number of hydrogen-bond donors (Lipinski definition) is 4. The summed E-state index contributed by atoms with van der Waals surface area (Å²) < 4.78 is 34.7. The molecule has 0 fully saturated rings. The van der Waals surface area contributed by atoms with E-state index in [1.807, 2.05) is 0 Å². The smallest absolute Gasteiger partial charge is 0.217 e. The van der Waals surface area contributed by atoms with Crippen molar-refractivity contribution in [3.63, 3.8) is 0 Å². The lowest BCUT2D eigenvalue weighted by atomic mass is 9.91. The Kier molecular flexibility index (Phi) is 7.37. The minimum Gasteiger partial charge on any atom is -0.726 e. The highest BCUT2D eigenvalue weighted by molar-refractivity contribution is 7.80. The topological polar surface area (TPSA) is 147 Å². The second-order valence-corrected chi connectivity index (χ2v) is 5.93. The van der Waals surface area contributed by atoms with E-state index in [1.165, 1.54) is 6.92 Å². The fraction of sp³-hybridized carbons (Fsp3) is 1.00. The quantitative estimate of drug-likeness (QED) is 0.303. The molecule has 4 N–H and O–H groups in total. The SMILES string of the molecule is CC(C)[C@H](O)C(O)[C@H](O)[C@H](O)C(C)COS(=O)(=O)[O-]. The van der Waals surface area contributed by atoms with Crippen LogP contribution in [0.15, 0.2) is 0 Å². The first kappa shape index (κ1) is 18.7. The van der Waals surface area contributed by atoms with Gasteiger partial charge in [0.25, 0.3) is 0 Å². The van der Waals surface area contributed by atoms with Crippen LogP contribution in [-0.4, -0.2) is 64.4 Å². The number of aliphatic hydroxyl groups is 4. The van der Waals surface area contributed by atoms with Gasteiger partial charge in [-0.1, -0.05) is 20.8 Å². The van der Waals surface area contributed by atoms with Gasteiger partial charge in [0.15, 0.2) is 0 Å². The summed E-state index contributed by atoms with van der Waals surface area (Å²) in [4.78, 5) is 0. The molecule has 0 aromatic heterocycles. The molecular formula is C10H21O8S-. The van der Waals surface area contributed by atoms with Gasteiger partial charge >= 0.3 is 0 Å². The van der Waals surface area contributed by atoms with Crippen LogP contribution in [0.3, 0.4) is 0 Å². The molecule has 8 nitrogen and oxygen atoms in total. The predicted molar refractivity (Wildman–Crippen MR) is 63.7 cm³/mol. The normalized spacial score (nSPS) is 20.9. The van der Waals surface area contributed by atoms with E-state index in [2.05, 4.69) is 4.18 Å². The molecule has 0 radical (unpaired) electrons. The van der Waals surface area contributed by atoms with Gasteiger partial charge < -0.3 is 25.0 Å². The van der Waals surface area contributed by atoms with Crippen molar-refractivity contribution in [3.05, 3.63) is 0 Å². The molecule has 2 unspecified atom stereocenters. The molecule has 0 aliphatic carbocycles. The summed E-state index contributed by atoms with van der Waals surface area (Å²) in [6.45, 7) is 3.93. The molecule has 0 bridgehead atoms. The molecule has 0 amide bonds. The van der Waals surface area contributed by atoms with Gasteiger partial charge in [0.2, 0.25) is 10.4 Å². The minimum absolute atomic E-state index is 0.342. The summed E-state index contributed by atoms with van der Waals surface area (Å²) in [5.41, 5.74) is 0. The number of aliphatic hydroxyl groups excluding tert-OH is 4. The van der Waals surface area contributed by atoms with Crippen molar-refractivity contribution in [2.75, 3.05) is 6.61 Å².